The second-order valence-electron chi connectivity index (χ2n) is 4.08. The Morgan fingerprint density at radius 3 is 2.94 bits per heavy atom. The van der Waals surface area contributed by atoms with Gasteiger partial charge in [-0.2, -0.15) is 0 Å². The average Bonchev–Trinajstić information content (AvgIpc) is 2.33. The molecule has 1 amide bonds. The maximum absolute atomic E-state index is 13.5. The van der Waals surface area contributed by atoms with Crippen molar-refractivity contribution in [3.63, 3.8) is 0 Å². The van der Waals surface area contributed by atoms with E-state index in [0.29, 0.717) is 4.47 Å². The molecule has 0 aliphatic heterocycles. The molecular weight excluding hydrogens is 285 g/mol. The molecule has 1 aliphatic carbocycles. The molecular formula is C13H13BrFNO. The highest BCUT2D eigenvalue weighted by atomic mass is 79.9. The largest absolute Gasteiger partial charge is 0.349 e. The van der Waals surface area contributed by atoms with Gasteiger partial charge in [0.1, 0.15) is 5.82 Å². The molecule has 1 atom stereocenters. The van der Waals surface area contributed by atoms with Crippen molar-refractivity contribution in [1.82, 2.24) is 5.32 Å². The van der Waals surface area contributed by atoms with Crippen LogP contribution in [-0.2, 0) is 0 Å². The lowest BCUT2D eigenvalue weighted by Crippen LogP contribution is -2.35. The Morgan fingerprint density at radius 2 is 2.24 bits per heavy atom. The summed E-state index contributed by atoms with van der Waals surface area (Å²) < 4.78 is 14.2. The highest BCUT2D eigenvalue weighted by molar-refractivity contribution is 9.10. The topological polar surface area (TPSA) is 29.1 Å². The van der Waals surface area contributed by atoms with E-state index in [-0.39, 0.29) is 17.5 Å². The third kappa shape index (κ3) is 3.16. The van der Waals surface area contributed by atoms with Crippen molar-refractivity contribution in [3.8, 4) is 0 Å². The fourth-order valence-corrected chi connectivity index (χ4v) is 2.22. The third-order valence-corrected chi connectivity index (χ3v) is 3.27. The fraction of sp³-hybridized carbons (Fsp3) is 0.308. The summed E-state index contributed by atoms with van der Waals surface area (Å²) in [7, 11) is 0. The lowest BCUT2D eigenvalue weighted by Gasteiger charge is -2.19. The quantitative estimate of drug-likeness (QED) is 0.833. The zero-order valence-corrected chi connectivity index (χ0v) is 10.8. The van der Waals surface area contributed by atoms with E-state index in [9.17, 15) is 9.18 Å². The van der Waals surface area contributed by atoms with Crippen molar-refractivity contribution >= 4 is 21.8 Å². The average molecular weight is 298 g/mol. The summed E-state index contributed by atoms with van der Waals surface area (Å²) in [5.74, 6) is -0.832. The zero-order valence-electron chi connectivity index (χ0n) is 9.25. The molecule has 1 N–H and O–H groups in total. The van der Waals surface area contributed by atoms with Gasteiger partial charge in [0.25, 0.3) is 5.91 Å². The normalized spacial score (nSPS) is 19.1. The fourth-order valence-electron chi connectivity index (χ4n) is 1.86. The molecule has 4 heteroatoms. The first kappa shape index (κ1) is 12.3. The molecule has 90 valence electrons. The number of halogens is 2. The SMILES string of the molecule is O=C(NC1CC=CCC1)c1cc(Br)ccc1F. The number of hydrogen-bond donors (Lipinski definition) is 1. The van der Waals surface area contributed by atoms with E-state index < -0.39 is 5.82 Å². The Balaban J connectivity index is 2.08. The minimum absolute atomic E-state index is 0.0916. The first-order valence-electron chi connectivity index (χ1n) is 5.58. The molecule has 1 unspecified atom stereocenters. The Labute approximate surface area is 108 Å². The lowest BCUT2D eigenvalue weighted by molar-refractivity contribution is 0.0930. The second kappa shape index (κ2) is 5.45. The molecule has 17 heavy (non-hydrogen) atoms. The molecule has 0 radical (unpaired) electrons. The molecule has 0 saturated heterocycles. The number of amides is 1. The van der Waals surface area contributed by atoms with Gasteiger partial charge in [-0.1, -0.05) is 28.1 Å². The van der Waals surface area contributed by atoms with E-state index in [0.717, 1.165) is 19.3 Å². The summed E-state index contributed by atoms with van der Waals surface area (Å²) >= 11 is 3.23. The van der Waals surface area contributed by atoms with E-state index in [4.69, 9.17) is 0 Å². The first-order chi connectivity index (χ1) is 8.16. The Kier molecular flexibility index (Phi) is 3.94. The molecule has 0 heterocycles. The van der Waals surface area contributed by atoms with E-state index in [1.807, 2.05) is 6.08 Å². The van der Waals surface area contributed by atoms with Crippen LogP contribution in [0.25, 0.3) is 0 Å². The van der Waals surface area contributed by atoms with Crippen LogP contribution in [0.1, 0.15) is 29.6 Å². The lowest BCUT2D eigenvalue weighted by atomic mass is 10.0. The number of carbonyl (C=O) groups excluding carboxylic acids is 1. The van der Waals surface area contributed by atoms with Gasteiger partial charge >= 0.3 is 0 Å². The Morgan fingerprint density at radius 1 is 1.41 bits per heavy atom. The van der Waals surface area contributed by atoms with E-state index in [2.05, 4.69) is 27.3 Å². The van der Waals surface area contributed by atoms with E-state index >= 15 is 0 Å². The molecule has 0 fully saturated rings. The monoisotopic (exact) mass is 297 g/mol. The van der Waals surface area contributed by atoms with Crippen LogP contribution in [0.15, 0.2) is 34.8 Å². The highest BCUT2D eigenvalue weighted by Crippen LogP contribution is 2.17. The molecule has 1 aliphatic rings. The van der Waals surface area contributed by atoms with Crippen LogP contribution in [0.3, 0.4) is 0 Å². The standard InChI is InChI=1S/C13H13BrFNO/c14-9-6-7-12(15)11(8-9)13(17)16-10-4-2-1-3-5-10/h1-2,6-8,10H,3-5H2,(H,16,17). The van der Waals surface area contributed by atoms with Crippen molar-refractivity contribution < 1.29 is 9.18 Å². The van der Waals surface area contributed by atoms with Crippen molar-refractivity contribution in [2.24, 2.45) is 0 Å². The van der Waals surface area contributed by atoms with Gasteiger partial charge < -0.3 is 5.32 Å². The number of nitrogens with one attached hydrogen (secondary N) is 1. The second-order valence-corrected chi connectivity index (χ2v) is 4.99. The van der Waals surface area contributed by atoms with Crippen LogP contribution < -0.4 is 5.32 Å². The third-order valence-electron chi connectivity index (χ3n) is 2.78. The maximum atomic E-state index is 13.5. The van der Waals surface area contributed by atoms with Gasteiger partial charge in [0.05, 0.1) is 5.56 Å². The molecule has 2 nitrogen and oxygen atoms in total. The van der Waals surface area contributed by atoms with E-state index in [1.165, 1.54) is 12.1 Å². The van der Waals surface area contributed by atoms with Crippen molar-refractivity contribution in [1.29, 1.82) is 0 Å². The molecule has 0 saturated carbocycles. The Hall–Kier alpha value is -1.16. The predicted octanol–water partition coefficient (Wildman–Crippen LogP) is 3.43. The minimum Gasteiger partial charge on any atom is -0.349 e. The molecule has 0 spiro atoms. The van der Waals surface area contributed by atoms with Gasteiger partial charge in [0, 0.05) is 10.5 Å². The molecule has 1 aromatic rings. The van der Waals surface area contributed by atoms with Crippen molar-refractivity contribution in [3.05, 3.63) is 46.2 Å². The van der Waals surface area contributed by atoms with Crippen LogP contribution in [0.4, 0.5) is 4.39 Å². The molecule has 1 aromatic carbocycles. The molecule has 2 rings (SSSR count). The number of allylic oxidation sites excluding steroid dienone is 1. The van der Waals surface area contributed by atoms with Crippen LogP contribution in [0.2, 0.25) is 0 Å². The zero-order chi connectivity index (χ0) is 12.3. The van der Waals surface area contributed by atoms with Gasteiger partial charge in [-0.25, -0.2) is 4.39 Å². The van der Waals surface area contributed by atoms with E-state index in [1.54, 1.807) is 6.07 Å². The number of rotatable bonds is 2. The first-order valence-corrected chi connectivity index (χ1v) is 6.37. The number of hydrogen-bond acceptors (Lipinski definition) is 1. The van der Waals surface area contributed by atoms with Gasteiger partial charge in [-0.05, 0) is 37.5 Å². The van der Waals surface area contributed by atoms with Gasteiger partial charge in [-0.15, -0.1) is 0 Å². The molecule has 0 aromatic heterocycles. The maximum Gasteiger partial charge on any atom is 0.254 e. The van der Waals surface area contributed by atoms with Crippen molar-refractivity contribution in [2.45, 2.75) is 25.3 Å². The summed E-state index contributed by atoms with van der Waals surface area (Å²) in [5.41, 5.74) is 0.0916. The summed E-state index contributed by atoms with van der Waals surface area (Å²) in [6.07, 6.45) is 6.85. The summed E-state index contributed by atoms with van der Waals surface area (Å²) in [6.45, 7) is 0. The van der Waals surface area contributed by atoms with Gasteiger partial charge in [0.2, 0.25) is 0 Å². The van der Waals surface area contributed by atoms with Crippen LogP contribution in [0.5, 0.6) is 0 Å². The van der Waals surface area contributed by atoms with Gasteiger partial charge in [0.15, 0.2) is 0 Å². The van der Waals surface area contributed by atoms with Gasteiger partial charge in [-0.3, -0.25) is 4.79 Å². The highest BCUT2D eigenvalue weighted by Gasteiger charge is 2.17. The van der Waals surface area contributed by atoms with Crippen LogP contribution >= 0.6 is 15.9 Å². The number of carbonyl (C=O) groups is 1. The summed E-state index contributed by atoms with van der Waals surface area (Å²) in [6, 6.07) is 4.49. The van der Waals surface area contributed by atoms with Crippen LogP contribution in [0, 0.1) is 5.82 Å². The number of benzene rings is 1. The van der Waals surface area contributed by atoms with Crippen LogP contribution in [-0.4, -0.2) is 11.9 Å². The summed E-state index contributed by atoms with van der Waals surface area (Å²) in [4.78, 5) is 11.9. The molecule has 0 bridgehead atoms. The predicted molar refractivity (Wildman–Crippen MR) is 68.3 cm³/mol. The van der Waals surface area contributed by atoms with Crippen molar-refractivity contribution in [2.75, 3.05) is 0 Å². The Bertz CT molecular complexity index is 459. The summed E-state index contributed by atoms with van der Waals surface area (Å²) in [5, 5.41) is 2.85. The smallest absolute Gasteiger partial charge is 0.254 e. The minimum atomic E-state index is -0.489.